The zero-order chi connectivity index (χ0) is 27.1. The molecule has 12 heteroatoms. The number of hydrogen-bond donors (Lipinski definition) is 3. The standard InChI is InChI=1S/C26H21BrN4O5S2/c1-36-23-5-3-2-4-21(23)24(32)30-22(16-17-6-8-18(27)9-7-17)25(33)29-19-10-12-20(13-11-19)38(34,35)31-26-28-14-15-37-26/h2-16H,1H3,(H,28,31)(H,29,33)(H,30,32)/b22-16-. The van der Waals surface area contributed by atoms with Crippen LogP contribution in [0.15, 0.2) is 99.4 Å². The number of aromatic nitrogens is 1. The number of ether oxygens (including phenoxy) is 1. The zero-order valence-electron chi connectivity index (χ0n) is 19.8. The number of carbonyl (C=O) groups excluding carboxylic acids is 2. The Bertz CT molecular complexity index is 1570. The molecule has 0 bridgehead atoms. The van der Waals surface area contributed by atoms with Crippen molar-refractivity contribution in [3.8, 4) is 5.75 Å². The summed E-state index contributed by atoms with van der Waals surface area (Å²) in [6.07, 6.45) is 3.03. The third-order valence-electron chi connectivity index (χ3n) is 5.10. The number of sulfonamides is 1. The fraction of sp³-hybridized carbons (Fsp3) is 0.0385. The average molecular weight is 614 g/mol. The molecule has 1 heterocycles. The summed E-state index contributed by atoms with van der Waals surface area (Å²) in [7, 11) is -2.39. The van der Waals surface area contributed by atoms with E-state index in [4.69, 9.17) is 4.74 Å². The SMILES string of the molecule is COc1ccccc1C(=O)N/C(=C\c1ccc(Br)cc1)C(=O)Nc1ccc(S(=O)(=O)Nc2nccs2)cc1. The second kappa shape index (κ2) is 12.0. The van der Waals surface area contributed by atoms with Crippen molar-refractivity contribution in [2.75, 3.05) is 17.1 Å². The molecule has 0 unspecified atom stereocenters. The van der Waals surface area contributed by atoms with E-state index in [-0.39, 0.29) is 21.3 Å². The van der Waals surface area contributed by atoms with Gasteiger partial charge in [-0.25, -0.2) is 13.4 Å². The number of methoxy groups -OCH3 is 1. The molecule has 194 valence electrons. The maximum absolute atomic E-state index is 13.2. The first kappa shape index (κ1) is 27.0. The molecule has 0 radical (unpaired) electrons. The zero-order valence-corrected chi connectivity index (χ0v) is 23.1. The van der Waals surface area contributed by atoms with Crippen LogP contribution in [-0.4, -0.2) is 32.3 Å². The van der Waals surface area contributed by atoms with Gasteiger partial charge in [-0.3, -0.25) is 14.3 Å². The number of thiazole rings is 1. The first-order chi connectivity index (χ1) is 18.2. The van der Waals surface area contributed by atoms with Crippen molar-refractivity contribution in [2.24, 2.45) is 0 Å². The van der Waals surface area contributed by atoms with Crippen LogP contribution in [0, 0.1) is 0 Å². The van der Waals surface area contributed by atoms with Gasteiger partial charge < -0.3 is 15.4 Å². The second-order valence-corrected chi connectivity index (χ2v) is 11.2. The minimum absolute atomic E-state index is 0.000743. The fourth-order valence-corrected chi connectivity index (χ4v) is 5.32. The molecule has 1 aromatic heterocycles. The maximum Gasteiger partial charge on any atom is 0.272 e. The number of carbonyl (C=O) groups is 2. The highest BCUT2D eigenvalue weighted by Crippen LogP contribution is 2.21. The van der Waals surface area contributed by atoms with Crippen molar-refractivity contribution in [2.45, 2.75) is 4.90 Å². The molecule has 38 heavy (non-hydrogen) atoms. The van der Waals surface area contributed by atoms with E-state index in [9.17, 15) is 18.0 Å². The van der Waals surface area contributed by atoms with Crippen molar-refractivity contribution in [1.82, 2.24) is 10.3 Å². The van der Waals surface area contributed by atoms with Crippen molar-refractivity contribution in [3.63, 3.8) is 0 Å². The summed E-state index contributed by atoms with van der Waals surface area (Å²) in [6, 6.07) is 19.4. The van der Waals surface area contributed by atoms with Crippen LogP contribution in [0.4, 0.5) is 10.8 Å². The third-order valence-corrected chi connectivity index (χ3v) is 7.80. The van der Waals surface area contributed by atoms with E-state index in [1.807, 2.05) is 12.1 Å². The first-order valence-electron chi connectivity index (χ1n) is 11.0. The second-order valence-electron chi connectivity index (χ2n) is 7.69. The van der Waals surface area contributed by atoms with Gasteiger partial charge in [-0.15, -0.1) is 11.3 Å². The van der Waals surface area contributed by atoms with Crippen LogP contribution in [0.3, 0.4) is 0 Å². The molecule has 0 aliphatic heterocycles. The normalized spacial score (nSPS) is 11.5. The van der Waals surface area contributed by atoms with Gasteiger partial charge >= 0.3 is 0 Å². The maximum atomic E-state index is 13.2. The van der Waals surface area contributed by atoms with Gasteiger partial charge in [-0.05, 0) is 60.2 Å². The minimum Gasteiger partial charge on any atom is -0.496 e. The van der Waals surface area contributed by atoms with E-state index in [0.717, 1.165) is 15.8 Å². The van der Waals surface area contributed by atoms with Crippen LogP contribution in [-0.2, 0) is 14.8 Å². The van der Waals surface area contributed by atoms with E-state index < -0.39 is 21.8 Å². The summed E-state index contributed by atoms with van der Waals surface area (Å²) >= 11 is 4.53. The number of amides is 2. The van der Waals surface area contributed by atoms with Gasteiger partial charge in [0, 0.05) is 21.7 Å². The summed E-state index contributed by atoms with van der Waals surface area (Å²) < 4.78 is 33.7. The van der Waals surface area contributed by atoms with E-state index in [1.54, 1.807) is 41.8 Å². The Labute approximate surface area is 231 Å². The molecule has 0 aliphatic rings. The molecule has 9 nitrogen and oxygen atoms in total. The Balaban J connectivity index is 1.56. The van der Waals surface area contributed by atoms with Crippen LogP contribution < -0.4 is 20.1 Å². The molecular weight excluding hydrogens is 592 g/mol. The van der Waals surface area contributed by atoms with Gasteiger partial charge in [0.2, 0.25) is 0 Å². The van der Waals surface area contributed by atoms with E-state index in [1.165, 1.54) is 43.6 Å². The predicted octanol–water partition coefficient (Wildman–Crippen LogP) is 5.12. The van der Waals surface area contributed by atoms with E-state index in [2.05, 4.69) is 36.3 Å². The highest BCUT2D eigenvalue weighted by molar-refractivity contribution is 9.10. The number of anilines is 2. The largest absolute Gasteiger partial charge is 0.496 e. The molecule has 0 atom stereocenters. The molecule has 4 aromatic rings. The summed E-state index contributed by atoms with van der Waals surface area (Å²) in [5.74, 6) is -0.778. The summed E-state index contributed by atoms with van der Waals surface area (Å²) in [6.45, 7) is 0. The molecule has 3 aromatic carbocycles. The lowest BCUT2D eigenvalue weighted by atomic mass is 10.1. The van der Waals surface area contributed by atoms with Crippen LogP contribution >= 0.6 is 27.3 Å². The van der Waals surface area contributed by atoms with Crippen LogP contribution in [0.25, 0.3) is 6.08 Å². The molecule has 4 rings (SSSR count). The molecule has 0 saturated heterocycles. The van der Waals surface area contributed by atoms with E-state index in [0.29, 0.717) is 17.0 Å². The van der Waals surface area contributed by atoms with Crippen molar-refractivity contribution in [1.29, 1.82) is 0 Å². The lowest BCUT2D eigenvalue weighted by Gasteiger charge is -2.13. The summed E-state index contributed by atoms with van der Waals surface area (Å²) in [4.78, 5) is 30.2. The van der Waals surface area contributed by atoms with Crippen LogP contribution in [0.2, 0.25) is 0 Å². The number of benzene rings is 3. The Kier molecular flexibility index (Phi) is 8.56. The highest BCUT2D eigenvalue weighted by atomic mass is 79.9. The average Bonchev–Trinajstić information content (AvgIpc) is 3.42. The van der Waals surface area contributed by atoms with Crippen LogP contribution in [0.1, 0.15) is 15.9 Å². The number of halogens is 1. The summed E-state index contributed by atoms with van der Waals surface area (Å²) in [5.41, 5.74) is 1.24. The monoisotopic (exact) mass is 612 g/mol. The molecule has 0 aliphatic carbocycles. The minimum atomic E-state index is -3.84. The van der Waals surface area contributed by atoms with Gasteiger partial charge in [-0.2, -0.15) is 0 Å². The van der Waals surface area contributed by atoms with Gasteiger partial charge in [0.1, 0.15) is 11.4 Å². The smallest absolute Gasteiger partial charge is 0.272 e. The molecule has 0 saturated carbocycles. The Morgan fingerprint density at radius 1 is 1.00 bits per heavy atom. The fourth-order valence-electron chi connectivity index (χ4n) is 3.27. The quantitative estimate of drug-likeness (QED) is 0.225. The molecule has 3 N–H and O–H groups in total. The number of hydrogen-bond acceptors (Lipinski definition) is 7. The Morgan fingerprint density at radius 2 is 1.71 bits per heavy atom. The molecule has 2 amide bonds. The topological polar surface area (TPSA) is 126 Å². The first-order valence-corrected chi connectivity index (χ1v) is 14.2. The number of para-hydroxylation sites is 1. The molecule has 0 fully saturated rings. The third kappa shape index (κ3) is 6.85. The predicted molar refractivity (Wildman–Crippen MR) is 151 cm³/mol. The van der Waals surface area contributed by atoms with Gasteiger partial charge in [-0.1, -0.05) is 40.2 Å². The lowest BCUT2D eigenvalue weighted by molar-refractivity contribution is -0.113. The summed E-state index contributed by atoms with van der Waals surface area (Å²) in [5, 5.41) is 7.26. The molecule has 0 spiro atoms. The Morgan fingerprint density at radius 3 is 2.37 bits per heavy atom. The Hall–Kier alpha value is -4.00. The van der Waals surface area contributed by atoms with Gasteiger partial charge in [0.15, 0.2) is 5.13 Å². The van der Waals surface area contributed by atoms with E-state index >= 15 is 0 Å². The number of nitrogens with zero attached hydrogens (tertiary/aromatic N) is 1. The van der Waals surface area contributed by atoms with Gasteiger partial charge in [0.05, 0.1) is 17.6 Å². The number of nitrogens with one attached hydrogen (secondary N) is 3. The number of rotatable bonds is 9. The van der Waals surface area contributed by atoms with Crippen molar-refractivity contribution < 1.29 is 22.7 Å². The van der Waals surface area contributed by atoms with Gasteiger partial charge in [0.25, 0.3) is 21.8 Å². The van der Waals surface area contributed by atoms with Crippen molar-refractivity contribution >= 4 is 66.0 Å². The lowest BCUT2D eigenvalue weighted by Crippen LogP contribution is -2.31. The van der Waals surface area contributed by atoms with Crippen molar-refractivity contribution in [3.05, 3.63) is 106 Å². The van der Waals surface area contributed by atoms with Crippen LogP contribution in [0.5, 0.6) is 5.75 Å². The highest BCUT2D eigenvalue weighted by Gasteiger charge is 2.19. The molecular formula is C26H21BrN4O5S2.